The highest BCUT2D eigenvalue weighted by Gasteiger charge is 2.19. The molecule has 0 N–H and O–H groups in total. The molecule has 0 radical (unpaired) electrons. The zero-order valence-electron chi connectivity index (χ0n) is 9.12. The minimum absolute atomic E-state index is 0.415. The molecule has 0 aromatic heterocycles. The van der Waals surface area contributed by atoms with E-state index < -0.39 is 0 Å². The fourth-order valence-corrected chi connectivity index (χ4v) is 1.65. The third-order valence-electron chi connectivity index (χ3n) is 2.73. The lowest BCUT2D eigenvalue weighted by molar-refractivity contribution is -0.0383. The molecule has 1 atom stereocenters. The van der Waals surface area contributed by atoms with E-state index in [0.29, 0.717) is 6.10 Å². The zero-order valence-corrected chi connectivity index (χ0v) is 9.12. The molecular formula is C10H22N2O. The van der Waals surface area contributed by atoms with E-state index >= 15 is 0 Å². The smallest absolute Gasteiger partial charge is 0.0829 e. The minimum Gasteiger partial charge on any atom is -0.374 e. The maximum atomic E-state index is 5.70. The molecule has 1 aliphatic rings. The van der Waals surface area contributed by atoms with Gasteiger partial charge in [0.05, 0.1) is 12.7 Å². The average molecular weight is 186 g/mol. The Bertz CT molecular complexity index is 139. The third kappa shape index (κ3) is 3.63. The van der Waals surface area contributed by atoms with Gasteiger partial charge in [0.25, 0.3) is 0 Å². The lowest BCUT2D eigenvalue weighted by Crippen LogP contribution is -2.46. The Labute approximate surface area is 81.7 Å². The van der Waals surface area contributed by atoms with Gasteiger partial charge in [-0.3, -0.25) is 4.90 Å². The van der Waals surface area contributed by atoms with Gasteiger partial charge in [0, 0.05) is 19.6 Å². The summed E-state index contributed by atoms with van der Waals surface area (Å²) in [5.41, 5.74) is 0. The van der Waals surface area contributed by atoms with Crippen LogP contribution in [0.4, 0.5) is 0 Å². The van der Waals surface area contributed by atoms with Crippen LogP contribution >= 0.6 is 0 Å². The van der Waals surface area contributed by atoms with Crippen LogP contribution in [0.1, 0.15) is 13.8 Å². The van der Waals surface area contributed by atoms with Crippen molar-refractivity contribution in [1.29, 1.82) is 0 Å². The van der Waals surface area contributed by atoms with Crippen molar-refractivity contribution >= 4 is 0 Å². The average Bonchev–Trinajstić information content (AvgIpc) is 2.18. The number of nitrogens with zero attached hydrogens (tertiary/aromatic N) is 2. The molecule has 0 spiro atoms. The molecular weight excluding hydrogens is 164 g/mol. The van der Waals surface area contributed by atoms with Gasteiger partial charge in [-0.2, -0.15) is 0 Å². The van der Waals surface area contributed by atoms with Crippen LogP contribution in [0.5, 0.6) is 0 Å². The van der Waals surface area contributed by atoms with Crippen LogP contribution in [0.15, 0.2) is 0 Å². The van der Waals surface area contributed by atoms with Crippen molar-refractivity contribution in [3.05, 3.63) is 0 Å². The highest BCUT2D eigenvalue weighted by atomic mass is 16.5. The summed E-state index contributed by atoms with van der Waals surface area (Å²) in [5, 5.41) is 0. The van der Waals surface area contributed by atoms with Crippen LogP contribution in [0, 0.1) is 0 Å². The Morgan fingerprint density at radius 3 is 2.85 bits per heavy atom. The largest absolute Gasteiger partial charge is 0.374 e. The van der Waals surface area contributed by atoms with E-state index in [4.69, 9.17) is 4.74 Å². The van der Waals surface area contributed by atoms with Crippen molar-refractivity contribution in [2.24, 2.45) is 0 Å². The quantitative estimate of drug-likeness (QED) is 0.641. The number of rotatable bonds is 4. The van der Waals surface area contributed by atoms with Crippen molar-refractivity contribution in [3.63, 3.8) is 0 Å². The highest BCUT2D eigenvalue weighted by molar-refractivity contribution is 4.72. The van der Waals surface area contributed by atoms with E-state index in [1.54, 1.807) is 0 Å². The van der Waals surface area contributed by atoms with Crippen molar-refractivity contribution in [2.45, 2.75) is 20.0 Å². The summed E-state index contributed by atoms with van der Waals surface area (Å²) < 4.78 is 5.70. The molecule has 3 nitrogen and oxygen atoms in total. The Morgan fingerprint density at radius 2 is 2.23 bits per heavy atom. The first-order chi connectivity index (χ1) is 6.26. The summed E-state index contributed by atoms with van der Waals surface area (Å²) >= 11 is 0. The number of hydrogen-bond acceptors (Lipinski definition) is 3. The van der Waals surface area contributed by atoms with Gasteiger partial charge in [0.2, 0.25) is 0 Å². The van der Waals surface area contributed by atoms with Crippen molar-refractivity contribution < 1.29 is 4.74 Å². The summed E-state index contributed by atoms with van der Waals surface area (Å²) in [4.78, 5) is 4.77. The van der Waals surface area contributed by atoms with Gasteiger partial charge in [0.15, 0.2) is 0 Å². The summed E-state index contributed by atoms with van der Waals surface area (Å²) in [6.45, 7) is 10.8. The first-order valence-corrected chi connectivity index (χ1v) is 5.28. The summed E-state index contributed by atoms with van der Waals surface area (Å²) in [7, 11) is 2.15. The maximum Gasteiger partial charge on any atom is 0.0829 e. The molecule has 0 amide bonds. The molecule has 78 valence electrons. The van der Waals surface area contributed by atoms with E-state index in [1.807, 2.05) is 0 Å². The van der Waals surface area contributed by atoms with Crippen LogP contribution in [-0.2, 0) is 4.74 Å². The molecule has 1 heterocycles. The first kappa shape index (κ1) is 11.0. The van der Waals surface area contributed by atoms with Gasteiger partial charge in [0.1, 0.15) is 0 Å². The zero-order chi connectivity index (χ0) is 9.68. The second kappa shape index (κ2) is 5.58. The predicted molar refractivity (Wildman–Crippen MR) is 55.0 cm³/mol. The van der Waals surface area contributed by atoms with Crippen LogP contribution in [0.2, 0.25) is 0 Å². The SMILES string of the molecule is CCN(C)C[C@H]1CN(CC)CCO1. The van der Waals surface area contributed by atoms with E-state index in [1.165, 1.54) is 0 Å². The first-order valence-electron chi connectivity index (χ1n) is 5.28. The lowest BCUT2D eigenvalue weighted by atomic mass is 10.2. The monoisotopic (exact) mass is 186 g/mol. The second-order valence-corrected chi connectivity index (χ2v) is 3.74. The third-order valence-corrected chi connectivity index (χ3v) is 2.73. The van der Waals surface area contributed by atoms with Crippen LogP contribution in [-0.4, -0.2) is 62.3 Å². The molecule has 3 heteroatoms. The minimum atomic E-state index is 0.415. The molecule has 13 heavy (non-hydrogen) atoms. The van der Waals surface area contributed by atoms with E-state index in [0.717, 1.165) is 39.3 Å². The molecule has 1 saturated heterocycles. The van der Waals surface area contributed by atoms with Gasteiger partial charge in [-0.15, -0.1) is 0 Å². The standard InChI is InChI=1S/C10H22N2O/c1-4-11(3)8-10-9-12(5-2)6-7-13-10/h10H,4-9H2,1-3H3/t10-/m0/s1. The fourth-order valence-electron chi connectivity index (χ4n) is 1.65. The normalized spacial score (nSPS) is 25.4. The molecule has 1 fully saturated rings. The number of morpholine rings is 1. The highest BCUT2D eigenvalue weighted by Crippen LogP contribution is 2.05. The Hall–Kier alpha value is -0.120. The Morgan fingerprint density at radius 1 is 1.46 bits per heavy atom. The number of likely N-dealkylation sites (N-methyl/N-ethyl adjacent to an activating group) is 2. The lowest BCUT2D eigenvalue weighted by Gasteiger charge is -2.33. The predicted octanol–water partition coefficient (Wildman–Crippen LogP) is 0.659. The molecule has 1 rings (SSSR count). The number of hydrogen-bond donors (Lipinski definition) is 0. The van der Waals surface area contributed by atoms with Crippen molar-refractivity contribution in [1.82, 2.24) is 9.80 Å². The topological polar surface area (TPSA) is 15.7 Å². The molecule has 0 unspecified atom stereocenters. The summed E-state index contributed by atoms with van der Waals surface area (Å²) in [5.74, 6) is 0. The molecule has 0 bridgehead atoms. The molecule has 0 aromatic rings. The molecule has 0 aliphatic carbocycles. The fraction of sp³-hybridized carbons (Fsp3) is 1.00. The molecule has 1 aliphatic heterocycles. The van der Waals surface area contributed by atoms with Gasteiger partial charge in [-0.25, -0.2) is 0 Å². The van der Waals surface area contributed by atoms with Crippen LogP contribution in [0.25, 0.3) is 0 Å². The summed E-state index contributed by atoms with van der Waals surface area (Å²) in [6, 6.07) is 0. The van der Waals surface area contributed by atoms with Gasteiger partial charge < -0.3 is 9.64 Å². The van der Waals surface area contributed by atoms with Crippen molar-refractivity contribution in [2.75, 3.05) is 46.4 Å². The van der Waals surface area contributed by atoms with E-state index in [2.05, 4.69) is 30.7 Å². The van der Waals surface area contributed by atoms with Gasteiger partial charge in [-0.05, 0) is 20.1 Å². The van der Waals surface area contributed by atoms with E-state index in [9.17, 15) is 0 Å². The van der Waals surface area contributed by atoms with Crippen LogP contribution in [0.3, 0.4) is 0 Å². The number of ether oxygens (including phenoxy) is 1. The maximum absolute atomic E-state index is 5.70. The van der Waals surface area contributed by atoms with Gasteiger partial charge in [-0.1, -0.05) is 13.8 Å². The Kier molecular flexibility index (Phi) is 4.70. The van der Waals surface area contributed by atoms with Crippen molar-refractivity contribution in [3.8, 4) is 0 Å². The summed E-state index contributed by atoms with van der Waals surface area (Å²) in [6.07, 6.45) is 0.415. The molecule has 0 saturated carbocycles. The van der Waals surface area contributed by atoms with Gasteiger partial charge >= 0.3 is 0 Å². The second-order valence-electron chi connectivity index (χ2n) is 3.74. The molecule has 0 aromatic carbocycles. The van der Waals surface area contributed by atoms with E-state index in [-0.39, 0.29) is 0 Å². The van der Waals surface area contributed by atoms with Crippen LogP contribution < -0.4 is 0 Å². The Balaban J connectivity index is 2.25.